The van der Waals surface area contributed by atoms with Crippen molar-refractivity contribution >= 4 is 11.8 Å². The number of hydrogen-bond acceptors (Lipinski definition) is 3. The first-order chi connectivity index (χ1) is 9.15. The topological polar surface area (TPSA) is 61.4 Å². The minimum Gasteiger partial charge on any atom is -0.345 e. The van der Waals surface area contributed by atoms with Crippen molar-refractivity contribution in [1.82, 2.24) is 15.5 Å². The lowest BCUT2D eigenvalue weighted by atomic mass is 10.1. The van der Waals surface area contributed by atoms with E-state index in [1.807, 2.05) is 6.92 Å². The molecule has 1 fully saturated rings. The summed E-state index contributed by atoms with van der Waals surface area (Å²) >= 11 is 0. The fourth-order valence-corrected chi connectivity index (χ4v) is 2.25. The van der Waals surface area contributed by atoms with Gasteiger partial charge in [-0.15, -0.1) is 0 Å². The van der Waals surface area contributed by atoms with Crippen LogP contribution in [-0.4, -0.2) is 48.9 Å². The van der Waals surface area contributed by atoms with E-state index in [0.717, 1.165) is 32.4 Å². The van der Waals surface area contributed by atoms with Gasteiger partial charge in [-0.2, -0.15) is 0 Å². The molecule has 0 aromatic rings. The summed E-state index contributed by atoms with van der Waals surface area (Å²) in [4.78, 5) is 25.5. The van der Waals surface area contributed by atoms with Gasteiger partial charge < -0.3 is 15.5 Å². The minimum atomic E-state index is -0.453. The van der Waals surface area contributed by atoms with Gasteiger partial charge in [0, 0.05) is 25.7 Å². The van der Waals surface area contributed by atoms with E-state index in [-0.39, 0.29) is 11.9 Å². The number of carbonyl (C=O) groups is 2. The molecule has 1 atom stereocenters. The molecule has 19 heavy (non-hydrogen) atoms. The molecule has 110 valence electrons. The normalized spacial score (nSPS) is 17.7. The predicted octanol–water partition coefficient (Wildman–Crippen LogP) is 0.893. The summed E-state index contributed by atoms with van der Waals surface area (Å²) < 4.78 is 0. The number of nitrogens with zero attached hydrogens (tertiary/aromatic N) is 1. The van der Waals surface area contributed by atoms with Gasteiger partial charge in [-0.3, -0.25) is 9.59 Å². The molecule has 0 aromatic carbocycles. The van der Waals surface area contributed by atoms with Crippen LogP contribution in [0, 0.1) is 0 Å². The molecule has 1 rings (SSSR count). The Morgan fingerprint density at radius 2 is 2.05 bits per heavy atom. The van der Waals surface area contributed by atoms with Crippen LogP contribution in [0.5, 0.6) is 0 Å². The quantitative estimate of drug-likeness (QED) is 0.576. The Morgan fingerprint density at radius 3 is 2.79 bits per heavy atom. The van der Waals surface area contributed by atoms with Crippen LogP contribution in [0.2, 0.25) is 0 Å². The number of amides is 2. The molecule has 0 saturated carbocycles. The van der Waals surface area contributed by atoms with Gasteiger partial charge in [-0.05, 0) is 26.3 Å². The number of nitrogens with one attached hydrogen (secondary N) is 2. The molecular weight excluding hydrogens is 242 g/mol. The van der Waals surface area contributed by atoms with Crippen LogP contribution in [-0.2, 0) is 9.59 Å². The molecular formula is C14H27N3O2. The van der Waals surface area contributed by atoms with Crippen LogP contribution in [0.3, 0.4) is 0 Å². The summed E-state index contributed by atoms with van der Waals surface area (Å²) in [7, 11) is 0. The zero-order valence-electron chi connectivity index (χ0n) is 12.2. The molecule has 1 heterocycles. The molecule has 5 nitrogen and oxygen atoms in total. The Morgan fingerprint density at radius 1 is 1.26 bits per heavy atom. The summed E-state index contributed by atoms with van der Waals surface area (Å²) in [6.45, 7) is 7.09. The smallest absolute Gasteiger partial charge is 0.311 e. The van der Waals surface area contributed by atoms with Gasteiger partial charge in [0.15, 0.2) is 0 Å². The standard InChI is InChI=1S/C14H27N3O2/c1-3-4-5-7-12(2)16-13(18)14(19)17-10-6-8-15-9-11-17/h12,15H,3-11H2,1-2H3,(H,16,18). The summed E-state index contributed by atoms with van der Waals surface area (Å²) in [5, 5.41) is 6.03. The van der Waals surface area contributed by atoms with E-state index in [2.05, 4.69) is 17.6 Å². The highest BCUT2D eigenvalue weighted by molar-refractivity contribution is 6.35. The van der Waals surface area contributed by atoms with E-state index < -0.39 is 5.91 Å². The first kappa shape index (κ1) is 16.0. The summed E-state index contributed by atoms with van der Waals surface area (Å²) in [6.07, 6.45) is 5.28. The molecule has 0 aromatic heterocycles. The molecule has 1 unspecified atom stereocenters. The molecule has 1 saturated heterocycles. The number of carbonyl (C=O) groups excluding carboxylic acids is 2. The molecule has 0 radical (unpaired) electrons. The van der Waals surface area contributed by atoms with Crippen LogP contribution in [0.15, 0.2) is 0 Å². The Bertz CT molecular complexity index is 286. The van der Waals surface area contributed by atoms with Crippen LogP contribution in [0.4, 0.5) is 0 Å². The van der Waals surface area contributed by atoms with Gasteiger partial charge in [0.05, 0.1) is 0 Å². The second-order valence-corrected chi connectivity index (χ2v) is 5.27. The average Bonchev–Trinajstić information content (AvgIpc) is 2.66. The van der Waals surface area contributed by atoms with Gasteiger partial charge in [-0.25, -0.2) is 0 Å². The molecule has 2 amide bonds. The lowest BCUT2D eigenvalue weighted by Gasteiger charge is -2.20. The van der Waals surface area contributed by atoms with Crippen molar-refractivity contribution in [2.75, 3.05) is 26.2 Å². The van der Waals surface area contributed by atoms with Crippen LogP contribution in [0.25, 0.3) is 0 Å². The number of rotatable bonds is 5. The monoisotopic (exact) mass is 269 g/mol. The first-order valence-electron chi connectivity index (χ1n) is 7.45. The van der Waals surface area contributed by atoms with Gasteiger partial charge in [0.25, 0.3) is 0 Å². The zero-order valence-corrected chi connectivity index (χ0v) is 12.2. The van der Waals surface area contributed by atoms with Crippen LogP contribution >= 0.6 is 0 Å². The Hall–Kier alpha value is -1.10. The fourth-order valence-electron chi connectivity index (χ4n) is 2.25. The third-order valence-corrected chi connectivity index (χ3v) is 3.44. The van der Waals surface area contributed by atoms with Gasteiger partial charge in [0.1, 0.15) is 0 Å². The molecule has 1 aliphatic heterocycles. The maximum atomic E-state index is 12.0. The van der Waals surface area contributed by atoms with Gasteiger partial charge >= 0.3 is 11.8 Å². The number of unbranched alkanes of at least 4 members (excludes halogenated alkanes) is 2. The Labute approximate surface area is 116 Å². The van der Waals surface area contributed by atoms with Crippen LogP contribution < -0.4 is 10.6 Å². The molecule has 0 bridgehead atoms. The second-order valence-electron chi connectivity index (χ2n) is 5.27. The molecule has 2 N–H and O–H groups in total. The molecule has 0 aliphatic carbocycles. The maximum Gasteiger partial charge on any atom is 0.311 e. The summed E-state index contributed by atoms with van der Waals surface area (Å²) in [6, 6.07) is 0.0769. The van der Waals surface area contributed by atoms with E-state index in [4.69, 9.17) is 0 Å². The Balaban J connectivity index is 2.32. The number of hydrogen-bond donors (Lipinski definition) is 2. The molecule has 0 spiro atoms. The van der Waals surface area contributed by atoms with Crippen molar-refractivity contribution in [3.63, 3.8) is 0 Å². The van der Waals surface area contributed by atoms with E-state index >= 15 is 0 Å². The van der Waals surface area contributed by atoms with Crippen molar-refractivity contribution in [2.24, 2.45) is 0 Å². The zero-order chi connectivity index (χ0) is 14.1. The highest BCUT2D eigenvalue weighted by Crippen LogP contribution is 2.03. The third kappa shape index (κ3) is 6.05. The van der Waals surface area contributed by atoms with Crippen molar-refractivity contribution in [3.05, 3.63) is 0 Å². The van der Waals surface area contributed by atoms with E-state index in [0.29, 0.717) is 13.1 Å². The van der Waals surface area contributed by atoms with Crippen molar-refractivity contribution in [3.8, 4) is 0 Å². The van der Waals surface area contributed by atoms with Gasteiger partial charge in [-0.1, -0.05) is 26.2 Å². The summed E-state index contributed by atoms with van der Waals surface area (Å²) in [5.41, 5.74) is 0. The lowest BCUT2D eigenvalue weighted by Crippen LogP contribution is -2.46. The van der Waals surface area contributed by atoms with Crippen molar-refractivity contribution in [1.29, 1.82) is 0 Å². The van der Waals surface area contributed by atoms with E-state index in [1.165, 1.54) is 12.8 Å². The van der Waals surface area contributed by atoms with Crippen molar-refractivity contribution in [2.45, 2.75) is 52.0 Å². The van der Waals surface area contributed by atoms with E-state index in [9.17, 15) is 9.59 Å². The third-order valence-electron chi connectivity index (χ3n) is 3.44. The van der Waals surface area contributed by atoms with Crippen molar-refractivity contribution < 1.29 is 9.59 Å². The minimum absolute atomic E-state index is 0.0769. The fraction of sp³-hybridized carbons (Fsp3) is 0.857. The average molecular weight is 269 g/mol. The van der Waals surface area contributed by atoms with E-state index in [1.54, 1.807) is 4.90 Å². The maximum absolute atomic E-state index is 12.0. The highest BCUT2D eigenvalue weighted by atomic mass is 16.2. The highest BCUT2D eigenvalue weighted by Gasteiger charge is 2.23. The SMILES string of the molecule is CCCCCC(C)NC(=O)C(=O)N1CCCNCC1. The first-order valence-corrected chi connectivity index (χ1v) is 7.45. The molecule has 1 aliphatic rings. The predicted molar refractivity (Wildman–Crippen MR) is 75.8 cm³/mol. The van der Waals surface area contributed by atoms with Gasteiger partial charge in [0.2, 0.25) is 0 Å². The second kappa shape index (κ2) is 8.91. The largest absolute Gasteiger partial charge is 0.345 e. The summed E-state index contributed by atoms with van der Waals surface area (Å²) in [5.74, 6) is -0.836. The van der Waals surface area contributed by atoms with Crippen LogP contribution in [0.1, 0.15) is 46.0 Å². The Kier molecular flexibility index (Phi) is 7.48. The molecule has 5 heteroatoms. The lowest BCUT2D eigenvalue weighted by molar-refractivity contribution is -0.146.